The zero-order chi connectivity index (χ0) is 11.1. The first-order valence-corrected chi connectivity index (χ1v) is 5.89. The molecule has 0 aromatic rings. The lowest BCUT2D eigenvalue weighted by atomic mass is 9.96. The molecule has 0 radical (unpaired) electrons. The standard InChI is InChI=1S/C11H23N3O.HI/c1-9(8-15)7-13-11(12)14-10-5-3-2-4-6-10;/h9-10,15H,2-8H2,1H3,(H3,12,13,14);1H. The van der Waals surface area contributed by atoms with E-state index in [9.17, 15) is 0 Å². The topological polar surface area (TPSA) is 70.6 Å². The Kier molecular flexibility index (Phi) is 9.02. The highest BCUT2D eigenvalue weighted by Gasteiger charge is 2.13. The van der Waals surface area contributed by atoms with Crippen LogP contribution in [0.15, 0.2) is 4.99 Å². The van der Waals surface area contributed by atoms with Crippen molar-refractivity contribution in [3.05, 3.63) is 0 Å². The summed E-state index contributed by atoms with van der Waals surface area (Å²) < 4.78 is 0. The first-order chi connectivity index (χ1) is 7.22. The van der Waals surface area contributed by atoms with Crippen LogP contribution in [0, 0.1) is 5.92 Å². The van der Waals surface area contributed by atoms with Crippen LogP contribution in [-0.4, -0.2) is 30.3 Å². The summed E-state index contributed by atoms with van der Waals surface area (Å²) in [7, 11) is 0. The van der Waals surface area contributed by atoms with E-state index in [1.807, 2.05) is 6.92 Å². The van der Waals surface area contributed by atoms with Gasteiger partial charge in [0.15, 0.2) is 5.96 Å². The number of aliphatic imine (C=N–C) groups is 1. The van der Waals surface area contributed by atoms with E-state index >= 15 is 0 Å². The molecule has 0 heterocycles. The molecule has 1 rings (SSSR count). The second kappa shape index (κ2) is 9.04. The molecule has 0 spiro atoms. The molecule has 0 amide bonds. The summed E-state index contributed by atoms with van der Waals surface area (Å²) in [5.74, 6) is 0.721. The van der Waals surface area contributed by atoms with E-state index < -0.39 is 0 Å². The van der Waals surface area contributed by atoms with Crippen LogP contribution in [0.4, 0.5) is 0 Å². The number of hydrogen-bond acceptors (Lipinski definition) is 2. The van der Waals surface area contributed by atoms with E-state index in [1.165, 1.54) is 32.1 Å². The SMILES string of the molecule is CC(CO)CN=C(N)NC1CCCCC1.I. The molecule has 1 unspecified atom stereocenters. The van der Waals surface area contributed by atoms with Crippen molar-refractivity contribution < 1.29 is 5.11 Å². The van der Waals surface area contributed by atoms with Crippen molar-refractivity contribution in [1.29, 1.82) is 0 Å². The molecule has 1 aliphatic rings. The number of nitrogens with one attached hydrogen (secondary N) is 1. The smallest absolute Gasteiger partial charge is 0.188 e. The number of halogens is 1. The highest BCUT2D eigenvalue weighted by Crippen LogP contribution is 2.16. The molecule has 0 aromatic heterocycles. The molecule has 0 aliphatic heterocycles. The summed E-state index contributed by atoms with van der Waals surface area (Å²) in [6.07, 6.45) is 6.32. The van der Waals surface area contributed by atoms with Gasteiger partial charge in [0.25, 0.3) is 0 Å². The van der Waals surface area contributed by atoms with Gasteiger partial charge in [-0.05, 0) is 18.8 Å². The third-order valence-corrected chi connectivity index (χ3v) is 2.84. The zero-order valence-corrected chi connectivity index (χ0v) is 12.3. The maximum absolute atomic E-state index is 8.84. The number of aliphatic hydroxyl groups is 1. The monoisotopic (exact) mass is 341 g/mol. The Hall–Kier alpha value is -0.0400. The Morgan fingerprint density at radius 1 is 1.44 bits per heavy atom. The quantitative estimate of drug-likeness (QED) is 0.412. The van der Waals surface area contributed by atoms with Gasteiger partial charge in [-0.2, -0.15) is 0 Å². The minimum absolute atomic E-state index is 0. The van der Waals surface area contributed by atoms with Crippen LogP contribution in [0.1, 0.15) is 39.0 Å². The van der Waals surface area contributed by atoms with Crippen LogP contribution in [0.5, 0.6) is 0 Å². The molecule has 16 heavy (non-hydrogen) atoms. The van der Waals surface area contributed by atoms with Crippen molar-refractivity contribution in [1.82, 2.24) is 5.32 Å². The Morgan fingerprint density at radius 3 is 2.62 bits per heavy atom. The molecule has 96 valence electrons. The third kappa shape index (κ3) is 6.52. The van der Waals surface area contributed by atoms with E-state index in [2.05, 4.69) is 10.3 Å². The molecule has 0 bridgehead atoms. The molecule has 4 N–H and O–H groups in total. The molecule has 4 nitrogen and oxygen atoms in total. The molecule has 1 aliphatic carbocycles. The van der Waals surface area contributed by atoms with Crippen molar-refractivity contribution in [3.63, 3.8) is 0 Å². The summed E-state index contributed by atoms with van der Waals surface area (Å²) in [6.45, 7) is 2.72. The molecule has 5 heteroatoms. The van der Waals surface area contributed by atoms with E-state index in [0.29, 0.717) is 18.5 Å². The van der Waals surface area contributed by atoms with Gasteiger partial charge in [-0.25, -0.2) is 0 Å². The average Bonchev–Trinajstić information content (AvgIpc) is 2.27. The summed E-state index contributed by atoms with van der Waals surface area (Å²) in [6, 6.07) is 0.506. The highest BCUT2D eigenvalue weighted by molar-refractivity contribution is 14.0. The molecular weight excluding hydrogens is 317 g/mol. The van der Waals surface area contributed by atoms with Crippen LogP contribution in [0.3, 0.4) is 0 Å². The maximum Gasteiger partial charge on any atom is 0.188 e. The van der Waals surface area contributed by atoms with Crippen molar-refractivity contribution in [3.8, 4) is 0 Å². The maximum atomic E-state index is 8.84. The second-order valence-corrected chi connectivity index (χ2v) is 4.49. The lowest BCUT2D eigenvalue weighted by molar-refractivity contribution is 0.241. The minimum atomic E-state index is 0. The second-order valence-electron chi connectivity index (χ2n) is 4.49. The number of nitrogens with two attached hydrogens (primary N) is 1. The molecule has 1 saturated carbocycles. The van der Waals surface area contributed by atoms with Crippen LogP contribution in [0.2, 0.25) is 0 Å². The van der Waals surface area contributed by atoms with Gasteiger partial charge in [-0.1, -0.05) is 26.2 Å². The summed E-state index contributed by atoms with van der Waals surface area (Å²) in [5.41, 5.74) is 5.76. The summed E-state index contributed by atoms with van der Waals surface area (Å²) >= 11 is 0. The van der Waals surface area contributed by atoms with Crippen LogP contribution < -0.4 is 11.1 Å². The Labute approximate surface area is 115 Å². The van der Waals surface area contributed by atoms with Gasteiger partial charge in [0.1, 0.15) is 0 Å². The van der Waals surface area contributed by atoms with Gasteiger partial charge in [-0.15, -0.1) is 24.0 Å². The molecule has 0 aromatic carbocycles. The normalized spacial score (nSPS) is 20.0. The minimum Gasteiger partial charge on any atom is -0.396 e. The van der Waals surface area contributed by atoms with Gasteiger partial charge in [0, 0.05) is 19.2 Å². The number of nitrogens with zero attached hydrogens (tertiary/aromatic N) is 1. The van der Waals surface area contributed by atoms with Gasteiger partial charge in [0.2, 0.25) is 0 Å². The highest BCUT2D eigenvalue weighted by atomic mass is 127. The van der Waals surface area contributed by atoms with E-state index in [0.717, 1.165) is 0 Å². The van der Waals surface area contributed by atoms with Crippen LogP contribution in [0.25, 0.3) is 0 Å². The zero-order valence-electron chi connectivity index (χ0n) is 9.98. The van der Waals surface area contributed by atoms with E-state index in [-0.39, 0.29) is 36.5 Å². The van der Waals surface area contributed by atoms with Gasteiger partial charge in [-0.3, -0.25) is 4.99 Å². The van der Waals surface area contributed by atoms with Crippen LogP contribution >= 0.6 is 24.0 Å². The van der Waals surface area contributed by atoms with Gasteiger partial charge in [0.05, 0.1) is 0 Å². The van der Waals surface area contributed by atoms with E-state index in [1.54, 1.807) is 0 Å². The fraction of sp³-hybridized carbons (Fsp3) is 0.909. The fourth-order valence-electron chi connectivity index (χ4n) is 1.81. The molecule has 1 atom stereocenters. The number of guanidine groups is 1. The number of rotatable bonds is 4. The number of aliphatic hydroxyl groups excluding tert-OH is 1. The largest absolute Gasteiger partial charge is 0.396 e. The Bertz CT molecular complexity index is 205. The molecule has 0 saturated heterocycles. The molecule has 1 fully saturated rings. The predicted molar refractivity (Wildman–Crippen MR) is 78.2 cm³/mol. The summed E-state index contributed by atoms with van der Waals surface area (Å²) in [4.78, 5) is 4.21. The van der Waals surface area contributed by atoms with Crippen molar-refractivity contribution in [2.75, 3.05) is 13.2 Å². The van der Waals surface area contributed by atoms with Gasteiger partial charge >= 0.3 is 0 Å². The van der Waals surface area contributed by atoms with Crippen molar-refractivity contribution in [2.45, 2.75) is 45.1 Å². The van der Waals surface area contributed by atoms with Crippen LogP contribution in [-0.2, 0) is 0 Å². The molecular formula is C11H24IN3O. The number of hydrogen-bond donors (Lipinski definition) is 3. The Morgan fingerprint density at radius 2 is 2.06 bits per heavy atom. The van der Waals surface area contributed by atoms with Crippen molar-refractivity contribution >= 4 is 29.9 Å². The lowest BCUT2D eigenvalue weighted by Gasteiger charge is -2.23. The summed E-state index contributed by atoms with van der Waals surface area (Å²) in [5, 5.41) is 12.1. The van der Waals surface area contributed by atoms with Crippen molar-refractivity contribution in [2.24, 2.45) is 16.6 Å². The first-order valence-electron chi connectivity index (χ1n) is 5.89. The lowest BCUT2D eigenvalue weighted by Crippen LogP contribution is -2.41. The third-order valence-electron chi connectivity index (χ3n) is 2.84. The first kappa shape index (κ1) is 16.0. The van der Waals surface area contributed by atoms with Gasteiger partial charge < -0.3 is 16.2 Å². The average molecular weight is 341 g/mol. The predicted octanol–water partition coefficient (Wildman–Crippen LogP) is 1.47. The Balaban J connectivity index is 0.00000225. The van der Waals surface area contributed by atoms with E-state index in [4.69, 9.17) is 10.8 Å². The fourth-order valence-corrected chi connectivity index (χ4v) is 1.81.